The van der Waals surface area contributed by atoms with Gasteiger partial charge >= 0.3 is 5.97 Å². The summed E-state index contributed by atoms with van der Waals surface area (Å²) in [5.41, 5.74) is 3.73. The minimum atomic E-state index is -0.527. The normalized spacial score (nSPS) is 18.3. The first-order valence-corrected chi connectivity index (χ1v) is 8.97. The molecule has 0 spiro atoms. The predicted octanol–water partition coefficient (Wildman–Crippen LogP) is 4.01. The fourth-order valence-corrected chi connectivity index (χ4v) is 3.26. The van der Waals surface area contributed by atoms with Crippen LogP contribution in [-0.2, 0) is 19.2 Å². The fraction of sp³-hybridized carbons (Fsp3) is 0.550. The maximum atomic E-state index is 11.7. The van der Waals surface area contributed by atoms with E-state index in [-0.39, 0.29) is 19.3 Å². The quantitative estimate of drug-likeness (QED) is 0.360. The van der Waals surface area contributed by atoms with Crippen LogP contribution in [0.15, 0.2) is 36.5 Å². The lowest BCUT2D eigenvalue weighted by molar-refractivity contribution is -0.197. The molecular weight excluding hydrogens is 318 g/mol. The van der Waals surface area contributed by atoms with Crippen molar-refractivity contribution >= 4 is 17.8 Å². The Balaban J connectivity index is 1.57. The molecule has 0 bridgehead atoms. The molecule has 0 aromatic carbocycles. The Labute approximate surface area is 149 Å². The van der Waals surface area contributed by atoms with Crippen LogP contribution in [0.2, 0.25) is 0 Å². The largest absolute Gasteiger partial charge is 0.333 e. The Bertz CT molecular complexity index is 521. The Morgan fingerprint density at radius 3 is 2.12 bits per heavy atom. The lowest BCUT2D eigenvalue weighted by atomic mass is 9.91. The summed E-state index contributed by atoms with van der Waals surface area (Å²) in [7, 11) is 0. The Kier molecular flexibility index (Phi) is 6.73. The van der Waals surface area contributed by atoms with Crippen molar-refractivity contribution in [3.05, 3.63) is 36.5 Å². The first-order chi connectivity index (χ1) is 11.9. The van der Waals surface area contributed by atoms with E-state index in [0.29, 0.717) is 17.4 Å². The molecule has 5 heteroatoms. The van der Waals surface area contributed by atoms with Gasteiger partial charge in [-0.1, -0.05) is 42.9 Å². The maximum Gasteiger partial charge on any atom is 0.333 e. The summed E-state index contributed by atoms with van der Waals surface area (Å²) in [5.74, 6) is -1.02. The van der Waals surface area contributed by atoms with Gasteiger partial charge in [-0.05, 0) is 38.5 Å². The second-order valence-corrected chi connectivity index (χ2v) is 6.93. The van der Waals surface area contributed by atoms with E-state index in [2.05, 4.69) is 19.7 Å². The van der Waals surface area contributed by atoms with Gasteiger partial charge in [-0.3, -0.25) is 9.59 Å². The minimum absolute atomic E-state index is 0.119. The van der Waals surface area contributed by atoms with Crippen molar-refractivity contribution in [3.63, 3.8) is 0 Å². The summed E-state index contributed by atoms with van der Waals surface area (Å²) < 4.78 is 0. The molecule has 1 saturated carbocycles. The van der Waals surface area contributed by atoms with Crippen LogP contribution in [0.1, 0.15) is 64.2 Å². The van der Waals surface area contributed by atoms with E-state index >= 15 is 0 Å². The van der Waals surface area contributed by atoms with Crippen LogP contribution in [0.3, 0.4) is 0 Å². The topological polar surface area (TPSA) is 63.7 Å². The average molecular weight is 345 g/mol. The smallest absolute Gasteiger partial charge is 0.330 e. The molecule has 136 valence electrons. The van der Waals surface area contributed by atoms with Crippen molar-refractivity contribution in [1.82, 2.24) is 5.06 Å². The number of carbonyl (C=O) groups excluding carboxylic acids is 3. The molecule has 0 radical (unpaired) electrons. The van der Waals surface area contributed by atoms with Crippen molar-refractivity contribution in [2.45, 2.75) is 64.2 Å². The van der Waals surface area contributed by atoms with E-state index in [1.165, 1.54) is 16.7 Å². The Hall–Kier alpha value is -2.17. The highest BCUT2D eigenvalue weighted by Crippen LogP contribution is 2.38. The van der Waals surface area contributed by atoms with Crippen molar-refractivity contribution in [1.29, 1.82) is 0 Å². The predicted molar refractivity (Wildman–Crippen MR) is 95.0 cm³/mol. The van der Waals surface area contributed by atoms with E-state index in [1.807, 2.05) is 0 Å². The van der Waals surface area contributed by atoms with E-state index < -0.39 is 17.8 Å². The molecule has 25 heavy (non-hydrogen) atoms. The average Bonchev–Trinajstić information content (AvgIpc) is 3.04. The van der Waals surface area contributed by atoms with E-state index in [4.69, 9.17) is 4.84 Å². The van der Waals surface area contributed by atoms with Crippen LogP contribution < -0.4 is 0 Å². The molecule has 1 aliphatic heterocycles. The molecule has 0 unspecified atom stereocenters. The van der Waals surface area contributed by atoms with E-state index in [9.17, 15) is 14.4 Å². The second kappa shape index (κ2) is 8.79. The number of carbonyl (C=O) groups is 3. The van der Waals surface area contributed by atoms with Crippen LogP contribution in [-0.4, -0.2) is 22.8 Å². The number of hydroxylamine groups is 2. The third kappa shape index (κ3) is 5.41. The van der Waals surface area contributed by atoms with Gasteiger partial charge in [-0.15, -0.1) is 5.06 Å². The third-order valence-corrected chi connectivity index (χ3v) is 4.86. The molecule has 1 heterocycles. The van der Waals surface area contributed by atoms with Crippen LogP contribution in [0, 0.1) is 5.92 Å². The third-order valence-electron chi connectivity index (χ3n) is 4.86. The molecule has 0 atom stereocenters. The van der Waals surface area contributed by atoms with Gasteiger partial charge < -0.3 is 4.84 Å². The summed E-state index contributed by atoms with van der Waals surface area (Å²) in [4.78, 5) is 39.2. The lowest BCUT2D eigenvalue weighted by Crippen LogP contribution is -2.31. The van der Waals surface area contributed by atoms with Gasteiger partial charge in [0.15, 0.2) is 0 Å². The highest BCUT2D eigenvalue weighted by Gasteiger charge is 2.32. The monoisotopic (exact) mass is 345 g/mol. The number of rotatable bonds is 9. The first-order valence-electron chi connectivity index (χ1n) is 8.97. The van der Waals surface area contributed by atoms with Gasteiger partial charge in [-0.25, -0.2) is 4.79 Å². The minimum Gasteiger partial charge on any atom is -0.330 e. The zero-order chi connectivity index (χ0) is 18.4. The van der Waals surface area contributed by atoms with Gasteiger partial charge in [0, 0.05) is 25.2 Å². The van der Waals surface area contributed by atoms with E-state index in [1.54, 1.807) is 0 Å². The number of imide groups is 1. The van der Waals surface area contributed by atoms with Crippen molar-refractivity contribution in [3.8, 4) is 0 Å². The molecule has 0 N–H and O–H groups in total. The van der Waals surface area contributed by atoms with Crippen molar-refractivity contribution in [2.24, 2.45) is 5.92 Å². The first kappa shape index (κ1) is 19.2. The van der Waals surface area contributed by atoms with Gasteiger partial charge in [0.05, 0.1) is 0 Å². The molecule has 1 aliphatic carbocycles. The molecule has 2 amide bonds. The van der Waals surface area contributed by atoms with Crippen LogP contribution in [0.4, 0.5) is 0 Å². The summed E-state index contributed by atoms with van der Waals surface area (Å²) in [5, 5.41) is 0.603. The fourth-order valence-electron chi connectivity index (χ4n) is 3.26. The number of nitrogens with zero attached hydrogens (tertiary/aromatic N) is 1. The lowest BCUT2D eigenvalue weighted by Gasteiger charge is -2.15. The summed E-state index contributed by atoms with van der Waals surface area (Å²) in [6.45, 7) is 12.4. The zero-order valence-electron chi connectivity index (χ0n) is 14.8. The van der Waals surface area contributed by atoms with Gasteiger partial charge in [-0.2, -0.15) is 0 Å². The number of amides is 2. The molecule has 2 rings (SSSR count). The summed E-state index contributed by atoms with van der Waals surface area (Å²) >= 11 is 0. The summed E-state index contributed by atoms with van der Waals surface area (Å²) in [6, 6.07) is 0. The maximum absolute atomic E-state index is 11.7. The molecular formula is C20H27NO4. The van der Waals surface area contributed by atoms with Crippen LogP contribution in [0.5, 0.6) is 0 Å². The van der Waals surface area contributed by atoms with E-state index in [0.717, 1.165) is 38.5 Å². The zero-order valence-corrected chi connectivity index (χ0v) is 14.8. The molecule has 0 aromatic rings. The molecule has 1 saturated heterocycles. The van der Waals surface area contributed by atoms with Crippen LogP contribution >= 0.6 is 0 Å². The van der Waals surface area contributed by atoms with Crippen molar-refractivity contribution < 1.29 is 19.2 Å². The number of hydrogen-bond acceptors (Lipinski definition) is 4. The highest BCUT2D eigenvalue weighted by molar-refractivity contribution is 6.01. The van der Waals surface area contributed by atoms with Gasteiger partial charge in [0.1, 0.15) is 0 Å². The standard InChI is InChI=1S/C20H27NO4/c1-14(13-17-15(2)9-10-16(17)3)7-5-4-6-8-20(24)25-21-18(22)11-12-19(21)23/h17H,1-13H2. The molecule has 0 aromatic heterocycles. The molecule has 2 fully saturated rings. The second-order valence-electron chi connectivity index (χ2n) is 6.93. The van der Waals surface area contributed by atoms with Gasteiger partial charge in [0.25, 0.3) is 11.8 Å². The SMILES string of the molecule is C=C(CCCCCC(=O)ON1C(=O)CCC1=O)CC1C(=C)CCC1=C. The van der Waals surface area contributed by atoms with Crippen LogP contribution in [0.25, 0.3) is 0 Å². The Morgan fingerprint density at radius 1 is 0.960 bits per heavy atom. The molecule has 2 aliphatic rings. The van der Waals surface area contributed by atoms with Crippen molar-refractivity contribution in [2.75, 3.05) is 0 Å². The number of unbranched alkanes of at least 4 members (excludes halogenated alkanes) is 2. The highest BCUT2D eigenvalue weighted by atomic mass is 16.7. The summed E-state index contributed by atoms with van der Waals surface area (Å²) in [6.07, 6.45) is 6.89. The molecule has 5 nitrogen and oxygen atoms in total. The van der Waals surface area contributed by atoms with Gasteiger partial charge in [0.2, 0.25) is 0 Å². The number of hydrogen-bond donors (Lipinski definition) is 0. The Morgan fingerprint density at radius 2 is 1.52 bits per heavy atom. The number of allylic oxidation sites excluding steroid dienone is 3.